The average molecular weight is 377 g/mol. The summed E-state index contributed by atoms with van der Waals surface area (Å²) in [5.41, 5.74) is 1.17. The zero-order valence-corrected chi connectivity index (χ0v) is 16.0. The van der Waals surface area contributed by atoms with Crippen molar-refractivity contribution in [3.8, 4) is 0 Å². The summed E-state index contributed by atoms with van der Waals surface area (Å²) in [6.45, 7) is 4.76. The molecule has 4 aliphatic rings. The largest absolute Gasteiger partial charge is 0.381 e. The fraction of sp³-hybridized carbons (Fsp3) is 0.750. The second-order valence-corrected chi connectivity index (χ2v) is 9.20. The summed E-state index contributed by atoms with van der Waals surface area (Å²) >= 11 is 1.65. The van der Waals surface area contributed by atoms with Gasteiger partial charge in [-0.15, -0.1) is 0 Å². The summed E-state index contributed by atoms with van der Waals surface area (Å²) in [6, 6.07) is 2.68. The van der Waals surface area contributed by atoms with Gasteiger partial charge in [-0.25, -0.2) is 0 Å². The van der Waals surface area contributed by atoms with E-state index in [0.29, 0.717) is 30.4 Å². The van der Waals surface area contributed by atoms with Gasteiger partial charge in [0.2, 0.25) is 5.91 Å². The van der Waals surface area contributed by atoms with Gasteiger partial charge in [0.25, 0.3) is 0 Å². The number of fused-ring (bicyclic) bond motifs is 1. The summed E-state index contributed by atoms with van der Waals surface area (Å²) in [7, 11) is 0. The molecule has 0 unspecified atom stereocenters. The lowest BCUT2D eigenvalue weighted by Crippen LogP contribution is -2.42. The van der Waals surface area contributed by atoms with Gasteiger partial charge in [-0.3, -0.25) is 9.69 Å². The van der Waals surface area contributed by atoms with Crippen LogP contribution in [0, 0.1) is 11.8 Å². The van der Waals surface area contributed by atoms with Gasteiger partial charge in [0.1, 0.15) is 0 Å². The van der Waals surface area contributed by atoms with Crippen LogP contribution in [0.3, 0.4) is 0 Å². The van der Waals surface area contributed by atoms with Gasteiger partial charge in [-0.05, 0) is 48.1 Å². The number of carbonyl (C=O) groups excluding carboxylic acids is 1. The number of nitrogens with zero attached hydrogens (tertiary/aromatic N) is 1. The first-order valence-corrected chi connectivity index (χ1v) is 11.0. The standard InChI is InChI=1S/C20H28N2O3S/c23-19(9-14-4-8-26-12-14)21-10-16-17-11-22(15-2-6-24-7-3-15)13-20(17)5-1-18(16)25-20/h4,8,12,15-18H,1-3,5-7,9-11,13H2,(H,21,23)/t16-,17+,18+,20+/m0/s1. The minimum atomic E-state index is 0.0612. The van der Waals surface area contributed by atoms with E-state index in [9.17, 15) is 4.79 Å². The number of ether oxygens (including phenoxy) is 2. The molecule has 5 rings (SSSR count). The van der Waals surface area contributed by atoms with E-state index in [0.717, 1.165) is 57.7 Å². The first-order chi connectivity index (χ1) is 12.7. The molecule has 0 saturated carbocycles. The number of nitrogens with one attached hydrogen (secondary N) is 1. The molecule has 1 amide bonds. The van der Waals surface area contributed by atoms with E-state index >= 15 is 0 Å². The normalized spacial score (nSPS) is 37.2. The van der Waals surface area contributed by atoms with E-state index in [2.05, 4.69) is 15.6 Å². The minimum absolute atomic E-state index is 0.0612. The number of amides is 1. The summed E-state index contributed by atoms with van der Waals surface area (Å²) in [5.74, 6) is 1.19. The number of hydrogen-bond donors (Lipinski definition) is 1. The Hall–Kier alpha value is -0.950. The lowest BCUT2D eigenvalue weighted by atomic mass is 9.73. The molecule has 1 N–H and O–H groups in total. The monoisotopic (exact) mass is 376 g/mol. The van der Waals surface area contributed by atoms with Gasteiger partial charge in [0.15, 0.2) is 0 Å². The molecule has 4 aliphatic heterocycles. The van der Waals surface area contributed by atoms with Crippen molar-refractivity contribution in [2.24, 2.45) is 11.8 Å². The van der Waals surface area contributed by atoms with Crippen LogP contribution in [0.1, 0.15) is 31.2 Å². The molecule has 4 fully saturated rings. The van der Waals surface area contributed by atoms with Gasteiger partial charge in [-0.2, -0.15) is 11.3 Å². The van der Waals surface area contributed by atoms with E-state index in [1.807, 2.05) is 11.4 Å². The predicted molar refractivity (Wildman–Crippen MR) is 100 cm³/mol. The van der Waals surface area contributed by atoms with Gasteiger partial charge < -0.3 is 14.8 Å². The van der Waals surface area contributed by atoms with Gasteiger partial charge >= 0.3 is 0 Å². The van der Waals surface area contributed by atoms with Crippen molar-refractivity contribution < 1.29 is 14.3 Å². The lowest BCUT2D eigenvalue weighted by molar-refractivity contribution is -0.120. The maximum atomic E-state index is 12.3. The molecule has 26 heavy (non-hydrogen) atoms. The Morgan fingerprint density at radius 2 is 2.23 bits per heavy atom. The van der Waals surface area contributed by atoms with Crippen LogP contribution < -0.4 is 5.32 Å². The summed E-state index contributed by atoms with van der Waals surface area (Å²) in [5, 5.41) is 7.28. The van der Waals surface area contributed by atoms with Gasteiger partial charge in [-0.1, -0.05) is 0 Å². The average Bonchev–Trinajstić information content (AvgIpc) is 3.42. The number of likely N-dealkylation sites (tertiary alicyclic amines) is 1. The summed E-state index contributed by atoms with van der Waals surface area (Å²) in [4.78, 5) is 15.0. The molecule has 5 heterocycles. The Kier molecular flexibility index (Phi) is 4.55. The first-order valence-electron chi connectivity index (χ1n) is 10.0. The summed E-state index contributed by atoms with van der Waals surface area (Å²) < 4.78 is 12.1. The quantitative estimate of drug-likeness (QED) is 0.855. The van der Waals surface area contributed by atoms with Crippen LogP contribution in [0.2, 0.25) is 0 Å². The minimum Gasteiger partial charge on any atom is -0.381 e. The van der Waals surface area contributed by atoms with Crippen LogP contribution in [-0.2, 0) is 20.7 Å². The summed E-state index contributed by atoms with van der Waals surface area (Å²) in [6.07, 6.45) is 5.48. The molecule has 142 valence electrons. The number of carbonyl (C=O) groups is 1. The zero-order valence-electron chi connectivity index (χ0n) is 15.2. The molecule has 0 aromatic carbocycles. The van der Waals surface area contributed by atoms with Crippen LogP contribution in [0.5, 0.6) is 0 Å². The molecular weight excluding hydrogens is 348 g/mol. The topological polar surface area (TPSA) is 50.8 Å². The molecule has 5 nitrogen and oxygen atoms in total. The third kappa shape index (κ3) is 3.01. The Morgan fingerprint density at radius 1 is 1.35 bits per heavy atom. The van der Waals surface area contributed by atoms with E-state index < -0.39 is 0 Å². The third-order valence-electron chi connectivity index (χ3n) is 7.00. The molecule has 0 radical (unpaired) electrons. The molecule has 6 heteroatoms. The highest BCUT2D eigenvalue weighted by molar-refractivity contribution is 7.08. The molecule has 1 aromatic heterocycles. The zero-order chi connectivity index (χ0) is 17.6. The van der Waals surface area contributed by atoms with E-state index in [1.165, 1.54) is 6.42 Å². The molecule has 1 spiro atoms. The highest BCUT2D eigenvalue weighted by atomic mass is 32.1. The van der Waals surface area contributed by atoms with E-state index in [-0.39, 0.29) is 11.5 Å². The second-order valence-electron chi connectivity index (χ2n) is 8.42. The molecule has 4 saturated heterocycles. The van der Waals surface area contributed by atoms with Crippen molar-refractivity contribution >= 4 is 17.2 Å². The highest BCUT2D eigenvalue weighted by Crippen LogP contribution is 2.55. The van der Waals surface area contributed by atoms with Crippen LogP contribution in [-0.4, -0.2) is 61.4 Å². The number of thiophene rings is 1. The van der Waals surface area contributed by atoms with Crippen LogP contribution in [0.15, 0.2) is 16.8 Å². The fourth-order valence-electron chi connectivity index (χ4n) is 5.70. The van der Waals surface area contributed by atoms with E-state index in [4.69, 9.17) is 9.47 Å². The van der Waals surface area contributed by atoms with Crippen LogP contribution in [0.25, 0.3) is 0 Å². The Bertz CT molecular complexity index is 645. The second kappa shape index (κ2) is 6.89. The third-order valence-corrected chi connectivity index (χ3v) is 7.73. The fourth-order valence-corrected chi connectivity index (χ4v) is 6.37. The van der Waals surface area contributed by atoms with Crippen molar-refractivity contribution in [3.05, 3.63) is 22.4 Å². The lowest BCUT2D eigenvalue weighted by Gasteiger charge is -2.32. The maximum Gasteiger partial charge on any atom is 0.224 e. The van der Waals surface area contributed by atoms with Gasteiger partial charge in [0, 0.05) is 50.7 Å². The van der Waals surface area contributed by atoms with E-state index in [1.54, 1.807) is 11.3 Å². The Morgan fingerprint density at radius 3 is 3.04 bits per heavy atom. The van der Waals surface area contributed by atoms with Crippen LogP contribution in [0.4, 0.5) is 0 Å². The van der Waals surface area contributed by atoms with Crippen molar-refractivity contribution in [2.75, 3.05) is 32.8 Å². The molecule has 0 aliphatic carbocycles. The smallest absolute Gasteiger partial charge is 0.224 e. The maximum absolute atomic E-state index is 12.3. The molecular formula is C20H28N2O3S. The Labute approximate surface area is 159 Å². The van der Waals surface area contributed by atoms with Crippen molar-refractivity contribution in [3.63, 3.8) is 0 Å². The predicted octanol–water partition coefficient (Wildman–Crippen LogP) is 2.07. The van der Waals surface area contributed by atoms with Crippen molar-refractivity contribution in [1.82, 2.24) is 10.2 Å². The van der Waals surface area contributed by atoms with Gasteiger partial charge in [0.05, 0.1) is 18.1 Å². The Balaban J connectivity index is 1.21. The van der Waals surface area contributed by atoms with Crippen molar-refractivity contribution in [2.45, 2.75) is 49.9 Å². The SMILES string of the molecule is O=C(Cc1ccsc1)NC[C@H]1[C@H]2CN(C3CCOCC3)C[C@]23CC[C@H]1O3. The molecule has 1 aromatic rings. The number of rotatable bonds is 5. The van der Waals surface area contributed by atoms with Crippen LogP contribution >= 0.6 is 11.3 Å². The number of hydrogen-bond acceptors (Lipinski definition) is 5. The highest BCUT2D eigenvalue weighted by Gasteiger charge is 2.63. The first kappa shape index (κ1) is 17.2. The van der Waals surface area contributed by atoms with Crippen molar-refractivity contribution in [1.29, 1.82) is 0 Å². The molecule has 4 atom stereocenters. The molecule has 2 bridgehead atoms.